The van der Waals surface area contributed by atoms with Gasteiger partial charge in [-0.15, -0.1) is 0 Å². The predicted octanol–water partition coefficient (Wildman–Crippen LogP) is 3.80. The van der Waals surface area contributed by atoms with Gasteiger partial charge in [-0.25, -0.2) is 0 Å². The first-order valence-electron chi connectivity index (χ1n) is 8.77. The number of nitrogens with one attached hydrogen (secondary N) is 2. The third-order valence-electron chi connectivity index (χ3n) is 3.81. The summed E-state index contributed by atoms with van der Waals surface area (Å²) in [5.74, 6) is -0.725. The molecule has 0 aliphatic carbocycles. The molecule has 0 aliphatic heterocycles. The summed E-state index contributed by atoms with van der Waals surface area (Å²) in [6.07, 6.45) is 3.11. The van der Waals surface area contributed by atoms with Gasteiger partial charge in [0, 0.05) is 35.9 Å². The quantitative estimate of drug-likeness (QED) is 0.695. The van der Waals surface area contributed by atoms with E-state index in [0.717, 1.165) is 5.56 Å². The van der Waals surface area contributed by atoms with Crippen LogP contribution in [-0.4, -0.2) is 35.7 Å². The number of amides is 3. The van der Waals surface area contributed by atoms with Crippen LogP contribution >= 0.6 is 11.6 Å². The van der Waals surface area contributed by atoms with E-state index in [1.807, 2.05) is 6.92 Å². The lowest BCUT2D eigenvalue weighted by Gasteiger charge is -2.18. The first kappa shape index (κ1) is 21.2. The van der Waals surface area contributed by atoms with Gasteiger partial charge in [0.05, 0.1) is 0 Å². The molecule has 0 heterocycles. The molecule has 0 radical (unpaired) electrons. The van der Waals surface area contributed by atoms with Crippen LogP contribution in [0, 0.1) is 0 Å². The van der Waals surface area contributed by atoms with Crippen molar-refractivity contribution in [1.82, 2.24) is 4.90 Å². The summed E-state index contributed by atoms with van der Waals surface area (Å²) in [7, 11) is 0. The summed E-state index contributed by atoms with van der Waals surface area (Å²) in [6.45, 7) is 3.57. The van der Waals surface area contributed by atoms with Crippen LogP contribution in [-0.2, 0) is 14.4 Å². The number of anilines is 2. The highest BCUT2D eigenvalue weighted by Gasteiger charge is 2.13. The summed E-state index contributed by atoms with van der Waals surface area (Å²) in [5.41, 5.74) is 2.07. The number of hydrogen-bond acceptors (Lipinski definition) is 3. The van der Waals surface area contributed by atoms with Gasteiger partial charge >= 0.3 is 0 Å². The van der Waals surface area contributed by atoms with Gasteiger partial charge in [0.25, 0.3) is 0 Å². The molecule has 0 fully saturated rings. The SMILES string of the molecule is CCN(CC(=O)Nc1ccc(NC(C)=O)cc1)C(=O)/C=C/c1ccc(Cl)cc1. The Kier molecular flexibility index (Phi) is 7.77. The van der Waals surface area contributed by atoms with Crippen molar-refractivity contribution in [2.24, 2.45) is 0 Å². The van der Waals surface area contributed by atoms with Crippen molar-refractivity contribution in [3.05, 3.63) is 65.2 Å². The molecule has 3 amide bonds. The molecule has 0 aliphatic rings. The first-order valence-corrected chi connectivity index (χ1v) is 9.15. The standard InChI is InChI=1S/C21H22ClN3O3/c1-3-25(21(28)13-6-16-4-7-17(22)8-5-16)14-20(27)24-19-11-9-18(10-12-19)23-15(2)26/h4-13H,3,14H2,1-2H3,(H,23,26)(H,24,27)/b13-6+. The molecule has 0 atom stereocenters. The number of benzene rings is 2. The maximum absolute atomic E-state index is 12.3. The second-order valence-electron chi connectivity index (χ2n) is 6.04. The van der Waals surface area contributed by atoms with Crippen LogP contribution in [0.15, 0.2) is 54.6 Å². The lowest BCUT2D eigenvalue weighted by molar-refractivity contribution is -0.130. The lowest BCUT2D eigenvalue weighted by Crippen LogP contribution is -2.36. The van der Waals surface area contributed by atoms with Crippen molar-refractivity contribution < 1.29 is 14.4 Å². The second kappa shape index (κ2) is 10.3. The van der Waals surface area contributed by atoms with E-state index in [9.17, 15) is 14.4 Å². The van der Waals surface area contributed by atoms with Crippen LogP contribution in [0.3, 0.4) is 0 Å². The number of carbonyl (C=O) groups excluding carboxylic acids is 3. The van der Waals surface area contributed by atoms with Crippen molar-refractivity contribution in [2.45, 2.75) is 13.8 Å². The molecule has 2 aromatic carbocycles. The average Bonchev–Trinajstić information content (AvgIpc) is 2.66. The molecule has 0 spiro atoms. The predicted molar refractivity (Wildman–Crippen MR) is 112 cm³/mol. The fourth-order valence-corrected chi connectivity index (χ4v) is 2.53. The van der Waals surface area contributed by atoms with Gasteiger partial charge < -0.3 is 15.5 Å². The maximum Gasteiger partial charge on any atom is 0.247 e. The molecule has 28 heavy (non-hydrogen) atoms. The van der Waals surface area contributed by atoms with E-state index in [4.69, 9.17) is 11.6 Å². The van der Waals surface area contributed by atoms with E-state index >= 15 is 0 Å². The Morgan fingerprint density at radius 1 is 0.964 bits per heavy atom. The van der Waals surface area contributed by atoms with Crippen LogP contribution in [0.5, 0.6) is 0 Å². The molecule has 0 saturated heterocycles. The molecular weight excluding hydrogens is 378 g/mol. The highest BCUT2D eigenvalue weighted by Crippen LogP contribution is 2.14. The molecule has 0 unspecified atom stereocenters. The van der Waals surface area contributed by atoms with Crippen molar-refractivity contribution in [2.75, 3.05) is 23.7 Å². The molecule has 6 nitrogen and oxygen atoms in total. The fraction of sp³-hybridized carbons (Fsp3) is 0.190. The Morgan fingerprint density at radius 3 is 2.07 bits per heavy atom. The largest absolute Gasteiger partial charge is 0.330 e. The topological polar surface area (TPSA) is 78.5 Å². The zero-order valence-electron chi connectivity index (χ0n) is 15.7. The highest BCUT2D eigenvalue weighted by atomic mass is 35.5. The molecule has 0 aromatic heterocycles. The molecule has 0 saturated carbocycles. The molecular formula is C21H22ClN3O3. The van der Waals surface area contributed by atoms with Gasteiger partial charge in [-0.3, -0.25) is 14.4 Å². The van der Waals surface area contributed by atoms with Gasteiger partial charge in [-0.1, -0.05) is 23.7 Å². The zero-order chi connectivity index (χ0) is 20.5. The van der Waals surface area contributed by atoms with Gasteiger partial charge in [0.1, 0.15) is 6.54 Å². The summed E-state index contributed by atoms with van der Waals surface area (Å²) >= 11 is 5.84. The molecule has 2 N–H and O–H groups in total. The molecule has 2 rings (SSSR count). The van der Waals surface area contributed by atoms with Crippen LogP contribution in [0.4, 0.5) is 11.4 Å². The molecule has 2 aromatic rings. The monoisotopic (exact) mass is 399 g/mol. The Morgan fingerprint density at radius 2 is 1.54 bits per heavy atom. The van der Waals surface area contributed by atoms with Crippen LogP contribution in [0.2, 0.25) is 5.02 Å². The highest BCUT2D eigenvalue weighted by molar-refractivity contribution is 6.30. The van der Waals surface area contributed by atoms with E-state index in [-0.39, 0.29) is 24.3 Å². The average molecular weight is 400 g/mol. The summed E-state index contributed by atoms with van der Waals surface area (Å²) < 4.78 is 0. The third-order valence-corrected chi connectivity index (χ3v) is 4.06. The van der Waals surface area contributed by atoms with E-state index in [1.165, 1.54) is 17.9 Å². The minimum atomic E-state index is -0.303. The van der Waals surface area contributed by atoms with Gasteiger partial charge in [-0.05, 0) is 55.0 Å². The number of nitrogens with zero attached hydrogens (tertiary/aromatic N) is 1. The minimum absolute atomic E-state index is 0.0618. The number of likely N-dealkylation sites (N-methyl/N-ethyl adjacent to an activating group) is 1. The zero-order valence-corrected chi connectivity index (χ0v) is 16.5. The van der Waals surface area contributed by atoms with Crippen molar-refractivity contribution in [3.8, 4) is 0 Å². The Bertz CT molecular complexity index is 861. The van der Waals surface area contributed by atoms with E-state index < -0.39 is 0 Å². The lowest BCUT2D eigenvalue weighted by atomic mass is 10.2. The van der Waals surface area contributed by atoms with Crippen LogP contribution in [0.1, 0.15) is 19.4 Å². The van der Waals surface area contributed by atoms with Crippen molar-refractivity contribution >= 4 is 46.8 Å². The van der Waals surface area contributed by atoms with Crippen molar-refractivity contribution in [1.29, 1.82) is 0 Å². The number of hydrogen-bond donors (Lipinski definition) is 2. The van der Waals surface area contributed by atoms with Gasteiger partial charge in [0.15, 0.2) is 0 Å². The third kappa shape index (κ3) is 6.89. The fourth-order valence-electron chi connectivity index (χ4n) is 2.41. The normalized spacial score (nSPS) is 10.5. The second-order valence-corrected chi connectivity index (χ2v) is 6.48. The maximum atomic E-state index is 12.3. The minimum Gasteiger partial charge on any atom is -0.330 e. The van der Waals surface area contributed by atoms with Crippen molar-refractivity contribution in [3.63, 3.8) is 0 Å². The van der Waals surface area contributed by atoms with E-state index in [2.05, 4.69) is 10.6 Å². The Hall–Kier alpha value is -3.12. The van der Waals surface area contributed by atoms with E-state index in [1.54, 1.807) is 54.6 Å². The summed E-state index contributed by atoms with van der Waals surface area (Å²) in [4.78, 5) is 37.1. The summed E-state index contributed by atoms with van der Waals surface area (Å²) in [6, 6.07) is 13.8. The summed E-state index contributed by atoms with van der Waals surface area (Å²) in [5, 5.41) is 6.02. The number of carbonyl (C=O) groups is 3. The number of rotatable bonds is 7. The molecule has 7 heteroatoms. The van der Waals surface area contributed by atoms with Gasteiger partial charge in [-0.2, -0.15) is 0 Å². The van der Waals surface area contributed by atoms with E-state index in [0.29, 0.717) is 22.9 Å². The smallest absolute Gasteiger partial charge is 0.247 e. The Balaban J connectivity index is 1.91. The van der Waals surface area contributed by atoms with Gasteiger partial charge in [0.2, 0.25) is 17.7 Å². The molecule has 0 bridgehead atoms. The Labute approximate surface area is 169 Å². The number of halogens is 1. The van der Waals surface area contributed by atoms with Crippen LogP contribution in [0.25, 0.3) is 6.08 Å². The molecule has 146 valence electrons. The first-order chi connectivity index (χ1) is 13.4. The van der Waals surface area contributed by atoms with Crippen LogP contribution < -0.4 is 10.6 Å².